The van der Waals surface area contributed by atoms with Gasteiger partial charge in [-0.25, -0.2) is 4.79 Å². The van der Waals surface area contributed by atoms with Crippen LogP contribution in [0.1, 0.15) is 55.4 Å². The number of carbonyl (C=O) groups excluding carboxylic acids is 2. The topological polar surface area (TPSA) is 69.6 Å². The summed E-state index contributed by atoms with van der Waals surface area (Å²) in [7, 11) is 0. The zero-order valence-electron chi connectivity index (χ0n) is 13.1. The third-order valence-corrected chi connectivity index (χ3v) is 6.55. The minimum Gasteiger partial charge on any atom is -0.388 e. The van der Waals surface area contributed by atoms with Crippen LogP contribution in [0.5, 0.6) is 0 Å². The number of fused-ring (bicyclic) bond motifs is 2. The minimum absolute atomic E-state index is 0.124. The molecule has 3 amide bonds. The first-order valence-electron chi connectivity index (χ1n) is 8.47. The molecular weight excluding hydrogens is 312 g/mol. The van der Waals surface area contributed by atoms with Gasteiger partial charge in [0.25, 0.3) is 5.91 Å². The Balaban J connectivity index is 1.63. The van der Waals surface area contributed by atoms with Gasteiger partial charge in [0.05, 0.1) is 12.1 Å². The molecule has 1 saturated carbocycles. The molecule has 2 heterocycles. The van der Waals surface area contributed by atoms with Gasteiger partial charge < -0.3 is 10.4 Å². The van der Waals surface area contributed by atoms with E-state index in [0.717, 1.165) is 37.7 Å². The van der Waals surface area contributed by atoms with Crippen molar-refractivity contribution in [2.45, 2.75) is 62.5 Å². The summed E-state index contributed by atoms with van der Waals surface area (Å²) in [6.45, 7) is 0.124. The molecule has 0 radical (unpaired) electrons. The van der Waals surface area contributed by atoms with E-state index in [1.54, 1.807) is 11.3 Å². The first kappa shape index (κ1) is 15.1. The molecule has 2 fully saturated rings. The maximum atomic E-state index is 13.1. The average molecular weight is 334 g/mol. The molecule has 1 unspecified atom stereocenters. The lowest BCUT2D eigenvalue weighted by Crippen LogP contribution is -2.49. The minimum atomic E-state index is -0.914. The van der Waals surface area contributed by atoms with Crippen LogP contribution in [0.2, 0.25) is 0 Å². The van der Waals surface area contributed by atoms with Gasteiger partial charge in [0.1, 0.15) is 5.54 Å². The largest absolute Gasteiger partial charge is 0.388 e. The molecule has 6 heteroatoms. The number of amides is 3. The lowest BCUT2D eigenvalue weighted by Gasteiger charge is -2.35. The average Bonchev–Trinajstić information content (AvgIpc) is 3.09. The van der Waals surface area contributed by atoms with Crippen molar-refractivity contribution in [3.05, 3.63) is 21.9 Å². The fourth-order valence-electron chi connectivity index (χ4n) is 4.35. The van der Waals surface area contributed by atoms with Gasteiger partial charge in [-0.15, -0.1) is 11.3 Å². The summed E-state index contributed by atoms with van der Waals surface area (Å²) in [5, 5.41) is 15.7. The van der Waals surface area contributed by atoms with Crippen LogP contribution in [-0.2, 0) is 16.8 Å². The van der Waals surface area contributed by atoms with Gasteiger partial charge >= 0.3 is 6.03 Å². The second kappa shape index (κ2) is 5.31. The summed E-state index contributed by atoms with van der Waals surface area (Å²) in [6, 6.07) is 1.61. The van der Waals surface area contributed by atoms with E-state index in [4.69, 9.17) is 0 Å². The standard InChI is InChI=1S/C17H22N2O3S/c20-14-17(9-4-5-13-12(17)6-10-23-13)18-15(21)19(14)11-16(22)7-2-1-3-8-16/h6,10,22H,1-5,7-9,11H2,(H,18,21). The fourth-order valence-corrected chi connectivity index (χ4v) is 5.35. The molecule has 124 valence electrons. The highest BCUT2D eigenvalue weighted by atomic mass is 32.1. The van der Waals surface area contributed by atoms with Crippen LogP contribution in [0.4, 0.5) is 4.79 Å². The molecule has 4 rings (SSSR count). The first-order chi connectivity index (χ1) is 11.0. The lowest BCUT2D eigenvalue weighted by molar-refractivity contribution is -0.135. The van der Waals surface area contributed by atoms with Crippen LogP contribution in [-0.4, -0.2) is 34.1 Å². The molecule has 1 saturated heterocycles. The molecule has 1 aromatic rings. The third-order valence-electron chi connectivity index (χ3n) is 5.57. The molecule has 1 aliphatic heterocycles. The van der Waals surface area contributed by atoms with Gasteiger partial charge in [-0.3, -0.25) is 9.69 Å². The summed E-state index contributed by atoms with van der Waals surface area (Å²) >= 11 is 1.65. The summed E-state index contributed by atoms with van der Waals surface area (Å²) in [4.78, 5) is 28.1. The second-order valence-electron chi connectivity index (χ2n) is 7.12. The van der Waals surface area contributed by atoms with E-state index in [1.165, 1.54) is 9.78 Å². The van der Waals surface area contributed by atoms with E-state index in [-0.39, 0.29) is 18.5 Å². The number of hydrogen-bond donors (Lipinski definition) is 2. The SMILES string of the molecule is O=C1NC2(CCCc3sccc32)C(=O)N1CC1(O)CCCCC1. The summed E-state index contributed by atoms with van der Waals surface area (Å²) < 4.78 is 0. The van der Waals surface area contributed by atoms with Crippen molar-refractivity contribution >= 4 is 23.3 Å². The molecule has 5 nitrogen and oxygen atoms in total. The maximum absolute atomic E-state index is 13.1. The molecule has 2 aliphatic carbocycles. The highest BCUT2D eigenvalue weighted by Gasteiger charge is 2.55. The zero-order valence-corrected chi connectivity index (χ0v) is 14.0. The van der Waals surface area contributed by atoms with Gasteiger partial charge in [0.2, 0.25) is 0 Å². The summed E-state index contributed by atoms with van der Waals surface area (Å²) in [6.07, 6.45) is 6.89. The van der Waals surface area contributed by atoms with Gasteiger partial charge in [-0.1, -0.05) is 19.3 Å². The van der Waals surface area contributed by atoms with Gasteiger partial charge in [0.15, 0.2) is 0 Å². The number of nitrogens with one attached hydrogen (secondary N) is 1. The van der Waals surface area contributed by atoms with Crippen molar-refractivity contribution < 1.29 is 14.7 Å². The molecule has 1 aromatic heterocycles. The van der Waals surface area contributed by atoms with E-state index < -0.39 is 11.1 Å². The van der Waals surface area contributed by atoms with Gasteiger partial charge in [-0.05, 0) is 43.6 Å². The zero-order chi connectivity index (χ0) is 16.1. The monoisotopic (exact) mass is 334 g/mol. The molecule has 23 heavy (non-hydrogen) atoms. The molecule has 3 aliphatic rings. The highest BCUT2D eigenvalue weighted by Crippen LogP contribution is 2.43. The van der Waals surface area contributed by atoms with Crippen LogP contribution in [0.25, 0.3) is 0 Å². The second-order valence-corrected chi connectivity index (χ2v) is 8.12. The van der Waals surface area contributed by atoms with Gasteiger partial charge in [-0.2, -0.15) is 0 Å². The normalized spacial score (nSPS) is 29.7. The van der Waals surface area contributed by atoms with Crippen LogP contribution in [0, 0.1) is 0 Å². The number of β-amino-alcohol motifs (C(OH)–C–C–N with tert-alkyl or cyclic N) is 1. The molecule has 1 spiro atoms. The quantitative estimate of drug-likeness (QED) is 0.817. The van der Waals surface area contributed by atoms with Crippen molar-refractivity contribution in [1.82, 2.24) is 10.2 Å². The number of aliphatic hydroxyl groups is 1. The third kappa shape index (κ3) is 2.31. The Morgan fingerprint density at radius 1 is 1.17 bits per heavy atom. The van der Waals surface area contributed by atoms with Crippen LogP contribution < -0.4 is 5.32 Å². The summed E-state index contributed by atoms with van der Waals surface area (Å²) in [5.74, 6) is -0.180. The van der Waals surface area contributed by atoms with Crippen molar-refractivity contribution in [2.24, 2.45) is 0 Å². The number of rotatable bonds is 2. The Hall–Kier alpha value is -1.40. The van der Waals surface area contributed by atoms with Crippen molar-refractivity contribution in [3.63, 3.8) is 0 Å². The maximum Gasteiger partial charge on any atom is 0.325 e. The smallest absolute Gasteiger partial charge is 0.325 e. The predicted octanol–water partition coefficient (Wildman–Crippen LogP) is 2.53. The predicted molar refractivity (Wildman–Crippen MR) is 87.2 cm³/mol. The Morgan fingerprint density at radius 3 is 2.74 bits per heavy atom. The van der Waals surface area contributed by atoms with E-state index in [1.807, 2.05) is 11.4 Å². The molecular formula is C17H22N2O3S. The van der Waals surface area contributed by atoms with Crippen molar-refractivity contribution in [3.8, 4) is 0 Å². The van der Waals surface area contributed by atoms with E-state index in [9.17, 15) is 14.7 Å². The Morgan fingerprint density at radius 2 is 1.96 bits per heavy atom. The number of nitrogens with zero attached hydrogens (tertiary/aromatic N) is 1. The summed E-state index contributed by atoms with van der Waals surface area (Å²) in [5.41, 5.74) is -0.844. The van der Waals surface area contributed by atoms with Crippen LogP contribution >= 0.6 is 11.3 Å². The van der Waals surface area contributed by atoms with Gasteiger partial charge in [0, 0.05) is 10.4 Å². The number of imide groups is 1. The van der Waals surface area contributed by atoms with Crippen LogP contribution in [0.15, 0.2) is 11.4 Å². The first-order valence-corrected chi connectivity index (χ1v) is 9.35. The molecule has 0 bridgehead atoms. The highest BCUT2D eigenvalue weighted by molar-refractivity contribution is 7.10. The van der Waals surface area contributed by atoms with E-state index in [0.29, 0.717) is 19.3 Å². The van der Waals surface area contributed by atoms with E-state index >= 15 is 0 Å². The van der Waals surface area contributed by atoms with Crippen LogP contribution in [0.3, 0.4) is 0 Å². The van der Waals surface area contributed by atoms with E-state index in [2.05, 4.69) is 5.32 Å². The molecule has 1 atom stereocenters. The fraction of sp³-hybridized carbons (Fsp3) is 0.647. The number of thiophene rings is 1. The lowest BCUT2D eigenvalue weighted by atomic mass is 9.79. The Bertz CT molecular complexity index is 650. The Labute approximate surface area is 139 Å². The number of urea groups is 1. The van der Waals surface area contributed by atoms with Crippen molar-refractivity contribution in [2.75, 3.05) is 6.54 Å². The molecule has 0 aromatic carbocycles. The number of carbonyl (C=O) groups is 2. The number of hydrogen-bond acceptors (Lipinski definition) is 4. The van der Waals surface area contributed by atoms with Crippen molar-refractivity contribution in [1.29, 1.82) is 0 Å². The number of aryl methyl sites for hydroxylation is 1. The molecule has 2 N–H and O–H groups in total. The Kier molecular flexibility index (Phi) is 3.50.